The SMILES string of the molecule is Cc1coc(NC(=O)c2ccc(N)nc2)n1. The first-order valence-corrected chi connectivity index (χ1v) is 4.60. The Morgan fingerprint density at radius 2 is 2.31 bits per heavy atom. The molecule has 3 N–H and O–H groups in total. The molecule has 0 aliphatic rings. The number of carbonyl (C=O) groups excluding carboxylic acids is 1. The summed E-state index contributed by atoms with van der Waals surface area (Å²) >= 11 is 0. The Kier molecular flexibility index (Phi) is 2.55. The Hall–Kier alpha value is -2.37. The van der Waals surface area contributed by atoms with Crippen LogP contribution in [0.5, 0.6) is 0 Å². The van der Waals surface area contributed by atoms with E-state index in [0.29, 0.717) is 17.1 Å². The second kappa shape index (κ2) is 4.01. The number of hydrogen-bond donors (Lipinski definition) is 2. The van der Waals surface area contributed by atoms with Crippen molar-refractivity contribution in [2.75, 3.05) is 11.1 Å². The average molecular weight is 218 g/mol. The Morgan fingerprint density at radius 3 is 2.88 bits per heavy atom. The van der Waals surface area contributed by atoms with Crippen molar-refractivity contribution in [1.82, 2.24) is 9.97 Å². The van der Waals surface area contributed by atoms with E-state index in [1.165, 1.54) is 12.5 Å². The van der Waals surface area contributed by atoms with Gasteiger partial charge in [0.25, 0.3) is 5.91 Å². The largest absolute Gasteiger partial charge is 0.432 e. The van der Waals surface area contributed by atoms with Crippen LogP contribution in [0.3, 0.4) is 0 Å². The zero-order chi connectivity index (χ0) is 11.5. The molecule has 16 heavy (non-hydrogen) atoms. The third kappa shape index (κ3) is 2.17. The van der Waals surface area contributed by atoms with Gasteiger partial charge in [-0.1, -0.05) is 0 Å². The number of pyridine rings is 1. The minimum Gasteiger partial charge on any atom is -0.432 e. The van der Waals surface area contributed by atoms with E-state index in [1.54, 1.807) is 19.1 Å². The molecular formula is C10H10N4O2. The standard InChI is InChI=1S/C10H10N4O2/c1-6-5-16-10(13-6)14-9(15)7-2-3-8(11)12-4-7/h2-5H,1H3,(H2,11,12)(H,13,14,15). The lowest BCUT2D eigenvalue weighted by Crippen LogP contribution is -2.12. The van der Waals surface area contributed by atoms with Crippen molar-refractivity contribution >= 4 is 17.7 Å². The molecule has 0 bridgehead atoms. The molecule has 82 valence electrons. The van der Waals surface area contributed by atoms with Gasteiger partial charge in [0.2, 0.25) is 0 Å². The lowest BCUT2D eigenvalue weighted by Gasteiger charge is -2.00. The third-order valence-corrected chi connectivity index (χ3v) is 1.89. The highest BCUT2D eigenvalue weighted by Gasteiger charge is 2.09. The minimum atomic E-state index is -0.339. The van der Waals surface area contributed by atoms with Crippen LogP contribution in [0.15, 0.2) is 29.0 Å². The van der Waals surface area contributed by atoms with E-state index < -0.39 is 0 Å². The van der Waals surface area contributed by atoms with Crippen molar-refractivity contribution in [3.63, 3.8) is 0 Å². The molecule has 0 saturated carbocycles. The van der Waals surface area contributed by atoms with Crippen LogP contribution in [-0.4, -0.2) is 15.9 Å². The molecule has 0 unspecified atom stereocenters. The van der Waals surface area contributed by atoms with E-state index in [9.17, 15) is 4.79 Å². The summed E-state index contributed by atoms with van der Waals surface area (Å²) in [7, 11) is 0. The lowest BCUT2D eigenvalue weighted by molar-refractivity contribution is 0.102. The van der Waals surface area contributed by atoms with Crippen LogP contribution < -0.4 is 11.1 Å². The highest BCUT2D eigenvalue weighted by atomic mass is 16.4. The fraction of sp³-hybridized carbons (Fsp3) is 0.100. The summed E-state index contributed by atoms with van der Waals surface area (Å²) in [4.78, 5) is 19.4. The van der Waals surface area contributed by atoms with Gasteiger partial charge in [-0.3, -0.25) is 10.1 Å². The zero-order valence-electron chi connectivity index (χ0n) is 8.60. The maximum absolute atomic E-state index is 11.6. The number of anilines is 2. The molecule has 0 aliphatic heterocycles. The first-order chi connectivity index (χ1) is 7.65. The number of carbonyl (C=O) groups is 1. The van der Waals surface area contributed by atoms with Crippen LogP contribution in [0.1, 0.15) is 16.1 Å². The normalized spacial score (nSPS) is 10.1. The quantitative estimate of drug-likeness (QED) is 0.790. The number of nitrogens with zero attached hydrogens (tertiary/aromatic N) is 2. The van der Waals surface area contributed by atoms with Crippen molar-refractivity contribution in [1.29, 1.82) is 0 Å². The van der Waals surface area contributed by atoms with E-state index >= 15 is 0 Å². The monoisotopic (exact) mass is 218 g/mol. The van der Waals surface area contributed by atoms with Crippen molar-refractivity contribution in [2.45, 2.75) is 6.92 Å². The number of oxazole rings is 1. The molecule has 0 aromatic carbocycles. The van der Waals surface area contributed by atoms with Crippen LogP contribution in [0.2, 0.25) is 0 Å². The maximum atomic E-state index is 11.6. The summed E-state index contributed by atoms with van der Waals surface area (Å²) in [5.74, 6) is 0.0258. The fourth-order valence-electron chi connectivity index (χ4n) is 1.12. The Morgan fingerprint density at radius 1 is 1.50 bits per heavy atom. The molecule has 0 atom stereocenters. The van der Waals surface area contributed by atoms with Gasteiger partial charge in [-0.15, -0.1) is 0 Å². The van der Waals surface area contributed by atoms with Gasteiger partial charge in [-0.05, 0) is 19.1 Å². The highest BCUT2D eigenvalue weighted by molar-refractivity contribution is 6.02. The summed E-state index contributed by atoms with van der Waals surface area (Å²) in [6.07, 6.45) is 2.84. The second-order valence-corrected chi connectivity index (χ2v) is 3.22. The predicted octanol–water partition coefficient (Wildman–Crippen LogP) is 1.21. The fourth-order valence-corrected chi connectivity index (χ4v) is 1.12. The van der Waals surface area contributed by atoms with Crippen LogP contribution >= 0.6 is 0 Å². The van der Waals surface area contributed by atoms with E-state index in [0.717, 1.165) is 0 Å². The molecule has 0 aliphatic carbocycles. The molecule has 1 amide bonds. The van der Waals surface area contributed by atoms with Gasteiger partial charge in [0.15, 0.2) is 0 Å². The van der Waals surface area contributed by atoms with Gasteiger partial charge >= 0.3 is 6.01 Å². The number of aromatic nitrogens is 2. The first kappa shape index (κ1) is 10.2. The number of nitrogen functional groups attached to an aromatic ring is 1. The smallest absolute Gasteiger partial charge is 0.301 e. The summed E-state index contributed by atoms with van der Waals surface area (Å²) in [5, 5.41) is 2.50. The predicted molar refractivity (Wildman–Crippen MR) is 57.8 cm³/mol. The third-order valence-electron chi connectivity index (χ3n) is 1.89. The number of rotatable bonds is 2. The summed E-state index contributed by atoms with van der Waals surface area (Å²) in [6.45, 7) is 1.77. The molecule has 2 aromatic heterocycles. The molecule has 2 aromatic rings. The van der Waals surface area contributed by atoms with Gasteiger partial charge in [0.05, 0.1) is 11.3 Å². The Labute approximate surface area is 91.5 Å². The highest BCUT2D eigenvalue weighted by Crippen LogP contribution is 2.09. The van der Waals surface area contributed by atoms with Gasteiger partial charge in [0, 0.05) is 6.20 Å². The molecule has 0 radical (unpaired) electrons. The number of nitrogens with one attached hydrogen (secondary N) is 1. The molecule has 0 spiro atoms. The van der Waals surface area contributed by atoms with Gasteiger partial charge < -0.3 is 10.2 Å². The van der Waals surface area contributed by atoms with E-state index in [1.807, 2.05) is 0 Å². The van der Waals surface area contributed by atoms with Crippen LogP contribution in [-0.2, 0) is 0 Å². The van der Waals surface area contributed by atoms with Crippen LogP contribution in [0, 0.1) is 6.92 Å². The van der Waals surface area contributed by atoms with Crippen molar-refractivity contribution in [2.24, 2.45) is 0 Å². The molecule has 2 rings (SSSR count). The molecule has 0 saturated heterocycles. The van der Waals surface area contributed by atoms with E-state index in [4.69, 9.17) is 10.2 Å². The molecular weight excluding hydrogens is 208 g/mol. The topological polar surface area (TPSA) is 94.0 Å². The van der Waals surface area contributed by atoms with Gasteiger partial charge in [-0.2, -0.15) is 4.98 Å². The second-order valence-electron chi connectivity index (χ2n) is 3.22. The van der Waals surface area contributed by atoms with Crippen LogP contribution in [0.4, 0.5) is 11.8 Å². The molecule has 2 heterocycles. The van der Waals surface area contributed by atoms with Crippen LogP contribution in [0.25, 0.3) is 0 Å². The van der Waals surface area contributed by atoms with Crippen molar-refractivity contribution < 1.29 is 9.21 Å². The zero-order valence-corrected chi connectivity index (χ0v) is 8.60. The molecule has 0 fully saturated rings. The molecule has 6 heteroatoms. The van der Waals surface area contributed by atoms with Crippen molar-refractivity contribution in [3.05, 3.63) is 35.9 Å². The maximum Gasteiger partial charge on any atom is 0.301 e. The number of aryl methyl sites for hydroxylation is 1. The number of nitrogens with two attached hydrogens (primary N) is 1. The average Bonchev–Trinajstić information content (AvgIpc) is 2.65. The van der Waals surface area contributed by atoms with E-state index in [-0.39, 0.29) is 11.9 Å². The van der Waals surface area contributed by atoms with Gasteiger partial charge in [-0.25, -0.2) is 4.98 Å². The molecule has 6 nitrogen and oxygen atoms in total. The summed E-state index contributed by atoms with van der Waals surface area (Å²) in [5.41, 5.74) is 6.50. The number of hydrogen-bond acceptors (Lipinski definition) is 5. The summed E-state index contributed by atoms with van der Waals surface area (Å²) in [6, 6.07) is 3.29. The number of amides is 1. The Balaban J connectivity index is 2.11. The van der Waals surface area contributed by atoms with Crippen molar-refractivity contribution in [3.8, 4) is 0 Å². The van der Waals surface area contributed by atoms with Gasteiger partial charge in [0.1, 0.15) is 12.1 Å². The lowest BCUT2D eigenvalue weighted by atomic mass is 10.2. The Bertz CT molecular complexity index is 504. The van der Waals surface area contributed by atoms with E-state index in [2.05, 4.69) is 15.3 Å². The summed E-state index contributed by atoms with van der Waals surface area (Å²) < 4.78 is 4.99. The first-order valence-electron chi connectivity index (χ1n) is 4.60. The minimum absolute atomic E-state index is 0.166.